The molecule has 0 spiro atoms. The van der Waals surface area contributed by atoms with Crippen molar-refractivity contribution in [2.45, 2.75) is 19.3 Å². The molecule has 0 heterocycles. The summed E-state index contributed by atoms with van der Waals surface area (Å²) in [6.45, 7) is 0. The van der Waals surface area contributed by atoms with E-state index in [1.54, 1.807) is 5.48 Å². The van der Waals surface area contributed by atoms with E-state index in [9.17, 15) is 4.79 Å². The van der Waals surface area contributed by atoms with E-state index in [0.717, 1.165) is 25.2 Å². The van der Waals surface area contributed by atoms with Crippen LogP contribution in [0.1, 0.15) is 19.3 Å². The smallest absolute Gasteiger partial charge is 0.249 e. The van der Waals surface area contributed by atoms with Gasteiger partial charge in [-0.1, -0.05) is 0 Å². The molecule has 0 atom stereocenters. The molecular formula is C6H9NO2. The van der Waals surface area contributed by atoms with Crippen LogP contribution in [0, 0.1) is 11.3 Å². The van der Waals surface area contributed by atoms with Gasteiger partial charge in [0, 0.05) is 0 Å². The molecule has 9 heavy (non-hydrogen) atoms. The highest BCUT2D eigenvalue weighted by Gasteiger charge is 2.61. The molecule has 0 aromatic rings. The Labute approximate surface area is 53.0 Å². The molecule has 0 saturated heterocycles. The van der Waals surface area contributed by atoms with Gasteiger partial charge >= 0.3 is 0 Å². The van der Waals surface area contributed by atoms with Crippen LogP contribution in [0.2, 0.25) is 0 Å². The van der Waals surface area contributed by atoms with E-state index in [-0.39, 0.29) is 11.3 Å². The second-order valence-electron chi connectivity index (χ2n) is 3.20. The third-order valence-corrected chi connectivity index (χ3v) is 2.62. The Bertz CT molecular complexity index is 149. The minimum absolute atomic E-state index is 0.126. The van der Waals surface area contributed by atoms with Crippen molar-refractivity contribution in [2.75, 3.05) is 0 Å². The van der Waals surface area contributed by atoms with Crippen LogP contribution in [0.3, 0.4) is 0 Å². The van der Waals surface area contributed by atoms with Crippen molar-refractivity contribution in [1.29, 1.82) is 0 Å². The Balaban J connectivity index is 2.05. The number of rotatable bonds is 1. The Kier molecular flexibility index (Phi) is 0.750. The normalized spacial score (nSPS) is 44.8. The fourth-order valence-electron chi connectivity index (χ4n) is 1.88. The average molecular weight is 127 g/mol. The second-order valence-corrected chi connectivity index (χ2v) is 3.20. The second kappa shape index (κ2) is 1.29. The summed E-state index contributed by atoms with van der Waals surface area (Å²) in [5, 5.41) is 8.26. The molecular weight excluding hydrogens is 118 g/mol. The molecule has 0 aromatic carbocycles. The molecule has 3 saturated carbocycles. The number of hydrogen-bond donors (Lipinski definition) is 2. The summed E-state index contributed by atoms with van der Waals surface area (Å²) in [5.41, 5.74) is 1.58. The van der Waals surface area contributed by atoms with Crippen molar-refractivity contribution in [3.8, 4) is 0 Å². The fourth-order valence-corrected chi connectivity index (χ4v) is 1.88. The summed E-state index contributed by atoms with van der Waals surface area (Å²) in [7, 11) is 0. The number of hydroxylamine groups is 1. The first-order valence-electron chi connectivity index (χ1n) is 3.21. The first-order valence-corrected chi connectivity index (χ1v) is 3.21. The van der Waals surface area contributed by atoms with Crippen molar-refractivity contribution in [3.63, 3.8) is 0 Å². The van der Waals surface area contributed by atoms with Crippen molar-refractivity contribution in [3.05, 3.63) is 0 Å². The molecule has 0 radical (unpaired) electrons. The standard InChI is InChI=1S/C6H9NO2/c8-5(7-9)6-1-4(2-6)3-6/h4,9H,1-3H2,(H,7,8). The SMILES string of the molecule is O=C(NO)C12CC(C1)C2. The summed E-state index contributed by atoms with van der Waals surface area (Å²) in [6.07, 6.45) is 3.00. The summed E-state index contributed by atoms with van der Waals surface area (Å²) in [6, 6.07) is 0. The number of carbonyl (C=O) groups excluding carboxylic acids is 1. The van der Waals surface area contributed by atoms with E-state index in [4.69, 9.17) is 5.21 Å². The van der Waals surface area contributed by atoms with Crippen LogP contribution in [0.15, 0.2) is 0 Å². The molecule has 2 N–H and O–H groups in total. The lowest BCUT2D eigenvalue weighted by Crippen LogP contribution is -2.59. The van der Waals surface area contributed by atoms with Crippen LogP contribution >= 0.6 is 0 Å². The van der Waals surface area contributed by atoms with E-state index in [0.29, 0.717) is 0 Å². The Hall–Kier alpha value is -0.570. The monoisotopic (exact) mass is 127 g/mol. The molecule has 0 aromatic heterocycles. The highest BCUT2D eigenvalue weighted by atomic mass is 16.5. The summed E-state index contributed by atoms with van der Waals surface area (Å²) in [4.78, 5) is 10.8. The zero-order valence-electron chi connectivity index (χ0n) is 5.05. The molecule has 3 fully saturated rings. The maximum absolute atomic E-state index is 10.8. The van der Waals surface area contributed by atoms with E-state index in [2.05, 4.69) is 0 Å². The Morgan fingerprint density at radius 3 is 2.22 bits per heavy atom. The molecule has 3 aliphatic carbocycles. The maximum atomic E-state index is 10.8. The van der Waals surface area contributed by atoms with Crippen molar-refractivity contribution in [2.24, 2.45) is 11.3 Å². The minimum atomic E-state index is -0.176. The summed E-state index contributed by atoms with van der Waals surface area (Å²) >= 11 is 0. The van der Waals surface area contributed by atoms with Crippen LogP contribution in [-0.2, 0) is 4.79 Å². The maximum Gasteiger partial charge on any atom is 0.249 e. The van der Waals surface area contributed by atoms with Gasteiger partial charge in [0.1, 0.15) is 0 Å². The van der Waals surface area contributed by atoms with Crippen LogP contribution in [0.25, 0.3) is 0 Å². The van der Waals surface area contributed by atoms with Crippen molar-refractivity contribution < 1.29 is 10.0 Å². The van der Waals surface area contributed by atoms with Gasteiger partial charge in [0.15, 0.2) is 0 Å². The van der Waals surface area contributed by atoms with Crippen LogP contribution < -0.4 is 5.48 Å². The molecule has 3 rings (SSSR count). The Morgan fingerprint density at radius 2 is 2.11 bits per heavy atom. The number of amides is 1. The van der Waals surface area contributed by atoms with E-state index >= 15 is 0 Å². The third kappa shape index (κ3) is 0.435. The van der Waals surface area contributed by atoms with Crippen molar-refractivity contribution in [1.82, 2.24) is 5.48 Å². The van der Waals surface area contributed by atoms with Gasteiger partial charge < -0.3 is 0 Å². The third-order valence-electron chi connectivity index (χ3n) is 2.62. The minimum Gasteiger partial charge on any atom is -0.289 e. The van der Waals surface area contributed by atoms with Crippen molar-refractivity contribution >= 4 is 5.91 Å². The highest BCUT2D eigenvalue weighted by molar-refractivity contribution is 5.84. The van der Waals surface area contributed by atoms with Crippen LogP contribution in [0.5, 0.6) is 0 Å². The van der Waals surface area contributed by atoms with Gasteiger partial charge in [-0.15, -0.1) is 0 Å². The molecule has 2 bridgehead atoms. The summed E-state index contributed by atoms with van der Waals surface area (Å²) in [5.74, 6) is 0.618. The number of carbonyl (C=O) groups is 1. The fraction of sp³-hybridized carbons (Fsp3) is 0.833. The zero-order chi connectivity index (χ0) is 6.48. The summed E-state index contributed by atoms with van der Waals surface area (Å²) < 4.78 is 0. The molecule has 50 valence electrons. The van der Waals surface area contributed by atoms with E-state index in [1.165, 1.54) is 0 Å². The average Bonchev–Trinajstić information content (AvgIpc) is 1.57. The molecule has 0 aliphatic heterocycles. The number of nitrogens with one attached hydrogen (secondary N) is 1. The predicted molar refractivity (Wildman–Crippen MR) is 29.7 cm³/mol. The Morgan fingerprint density at radius 1 is 1.56 bits per heavy atom. The predicted octanol–water partition coefficient (Wildman–Crippen LogP) is 0.292. The van der Waals surface area contributed by atoms with Crippen LogP contribution in [-0.4, -0.2) is 11.1 Å². The first-order chi connectivity index (χ1) is 4.27. The van der Waals surface area contributed by atoms with Gasteiger partial charge in [0.25, 0.3) is 0 Å². The lowest BCUT2D eigenvalue weighted by molar-refractivity contribution is -0.173. The quantitative estimate of drug-likeness (QED) is 0.393. The molecule has 3 aliphatic rings. The highest BCUT2D eigenvalue weighted by Crippen LogP contribution is 2.64. The van der Waals surface area contributed by atoms with Gasteiger partial charge in [0.05, 0.1) is 5.41 Å². The molecule has 3 heteroatoms. The number of hydrogen-bond acceptors (Lipinski definition) is 2. The van der Waals surface area contributed by atoms with Gasteiger partial charge in [0.2, 0.25) is 5.91 Å². The molecule has 0 unspecified atom stereocenters. The van der Waals surface area contributed by atoms with E-state index in [1.807, 2.05) is 0 Å². The lowest BCUT2D eigenvalue weighted by atomic mass is 9.44. The van der Waals surface area contributed by atoms with Gasteiger partial charge in [-0.3, -0.25) is 10.0 Å². The largest absolute Gasteiger partial charge is 0.289 e. The first kappa shape index (κ1) is 5.23. The van der Waals surface area contributed by atoms with Gasteiger partial charge in [-0.2, -0.15) is 0 Å². The topological polar surface area (TPSA) is 49.3 Å². The van der Waals surface area contributed by atoms with Crippen LogP contribution in [0.4, 0.5) is 0 Å². The van der Waals surface area contributed by atoms with Gasteiger partial charge in [-0.05, 0) is 25.2 Å². The van der Waals surface area contributed by atoms with Gasteiger partial charge in [-0.25, -0.2) is 5.48 Å². The lowest BCUT2D eigenvalue weighted by Gasteiger charge is -2.59. The van der Waals surface area contributed by atoms with E-state index < -0.39 is 0 Å². The zero-order valence-corrected chi connectivity index (χ0v) is 5.05. The molecule has 3 nitrogen and oxygen atoms in total. The molecule has 1 amide bonds.